The van der Waals surface area contributed by atoms with Crippen LogP contribution in [0.5, 0.6) is 0 Å². The average Bonchev–Trinajstić information content (AvgIpc) is 2.77. The minimum atomic E-state index is 0.536. The zero-order valence-electron chi connectivity index (χ0n) is 10.0. The van der Waals surface area contributed by atoms with E-state index in [-0.39, 0.29) is 0 Å². The molecule has 1 aromatic carbocycles. The molecule has 0 fully saturated rings. The van der Waals surface area contributed by atoms with E-state index in [1.54, 1.807) is 0 Å². The summed E-state index contributed by atoms with van der Waals surface area (Å²) in [6, 6.07) is 8.43. The van der Waals surface area contributed by atoms with Crippen LogP contribution in [-0.4, -0.2) is 15.0 Å². The van der Waals surface area contributed by atoms with Gasteiger partial charge in [0.25, 0.3) is 0 Å². The molecule has 3 heteroatoms. The van der Waals surface area contributed by atoms with Gasteiger partial charge < -0.3 is 0 Å². The lowest BCUT2D eigenvalue weighted by atomic mass is 10.0. The smallest absolute Gasteiger partial charge is 0.0829 e. The van der Waals surface area contributed by atoms with Crippen molar-refractivity contribution < 1.29 is 0 Å². The molecule has 2 rings (SSSR count). The second kappa shape index (κ2) is 4.47. The third kappa shape index (κ3) is 2.13. The molecule has 0 aliphatic rings. The maximum atomic E-state index is 4.12. The summed E-state index contributed by atoms with van der Waals surface area (Å²) in [6.45, 7) is 6.47. The van der Waals surface area contributed by atoms with Crippen molar-refractivity contribution in [3.63, 3.8) is 0 Å². The third-order valence-electron chi connectivity index (χ3n) is 2.70. The number of benzene rings is 1. The molecule has 0 bridgehead atoms. The molecule has 0 unspecified atom stereocenters. The van der Waals surface area contributed by atoms with Crippen LogP contribution in [0.3, 0.4) is 0 Å². The van der Waals surface area contributed by atoms with Crippen LogP contribution in [0.1, 0.15) is 37.9 Å². The first kappa shape index (κ1) is 10.9. The quantitative estimate of drug-likeness (QED) is 0.788. The Morgan fingerprint density at radius 2 is 2.12 bits per heavy atom. The van der Waals surface area contributed by atoms with Gasteiger partial charge in [-0.1, -0.05) is 38.1 Å². The van der Waals surface area contributed by atoms with Crippen LogP contribution in [0.15, 0.2) is 30.5 Å². The number of nitrogens with zero attached hydrogens (tertiary/aromatic N) is 3. The van der Waals surface area contributed by atoms with Gasteiger partial charge in [-0.3, -0.25) is 0 Å². The van der Waals surface area contributed by atoms with Crippen LogP contribution < -0.4 is 0 Å². The van der Waals surface area contributed by atoms with E-state index in [9.17, 15) is 0 Å². The zero-order chi connectivity index (χ0) is 11.5. The fraction of sp³-hybridized carbons (Fsp3) is 0.385. The van der Waals surface area contributed by atoms with E-state index in [2.05, 4.69) is 55.3 Å². The van der Waals surface area contributed by atoms with Crippen LogP contribution in [0.25, 0.3) is 5.69 Å². The van der Waals surface area contributed by atoms with Crippen LogP contribution in [0.4, 0.5) is 0 Å². The van der Waals surface area contributed by atoms with Gasteiger partial charge in [0.05, 0.1) is 17.6 Å². The normalized spacial score (nSPS) is 11.0. The average molecular weight is 215 g/mol. The fourth-order valence-electron chi connectivity index (χ4n) is 1.61. The highest BCUT2D eigenvalue weighted by Crippen LogP contribution is 2.17. The molecule has 0 saturated carbocycles. The van der Waals surface area contributed by atoms with Crippen molar-refractivity contribution in [2.45, 2.75) is 33.1 Å². The Morgan fingerprint density at radius 1 is 1.31 bits per heavy atom. The first-order valence-electron chi connectivity index (χ1n) is 5.72. The maximum Gasteiger partial charge on any atom is 0.0829 e. The van der Waals surface area contributed by atoms with Crippen molar-refractivity contribution in [3.8, 4) is 5.69 Å². The Hall–Kier alpha value is -1.64. The number of hydrogen-bond donors (Lipinski definition) is 0. The van der Waals surface area contributed by atoms with Gasteiger partial charge >= 0.3 is 0 Å². The van der Waals surface area contributed by atoms with E-state index in [0.717, 1.165) is 17.8 Å². The Bertz CT molecular complexity index is 472. The minimum Gasteiger partial charge on any atom is -0.220 e. The largest absolute Gasteiger partial charge is 0.220 e. The molecule has 0 aliphatic carbocycles. The maximum absolute atomic E-state index is 4.12. The van der Waals surface area contributed by atoms with E-state index in [4.69, 9.17) is 0 Å². The molecule has 0 saturated heterocycles. The molecule has 1 aromatic heterocycles. The molecule has 2 aromatic rings. The summed E-state index contributed by atoms with van der Waals surface area (Å²) >= 11 is 0. The molecular formula is C13H17N3. The van der Waals surface area contributed by atoms with Crippen molar-refractivity contribution in [1.82, 2.24) is 15.0 Å². The van der Waals surface area contributed by atoms with Gasteiger partial charge in [0, 0.05) is 0 Å². The summed E-state index contributed by atoms with van der Waals surface area (Å²) < 4.78 is 1.84. The lowest BCUT2D eigenvalue weighted by molar-refractivity contribution is 0.791. The lowest BCUT2D eigenvalue weighted by Crippen LogP contribution is -1.97. The lowest BCUT2D eigenvalue weighted by Gasteiger charge is -2.07. The van der Waals surface area contributed by atoms with E-state index < -0.39 is 0 Å². The highest BCUT2D eigenvalue weighted by molar-refractivity contribution is 5.36. The number of hydrogen-bond acceptors (Lipinski definition) is 2. The van der Waals surface area contributed by atoms with Crippen LogP contribution in [0, 0.1) is 0 Å². The van der Waals surface area contributed by atoms with E-state index in [1.807, 2.05) is 10.9 Å². The summed E-state index contributed by atoms with van der Waals surface area (Å²) in [5.41, 5.74) is 3.43. The Balaban J connectivity index is 2.36. The topological polar surface area (TPSA) is 30.7 Å². The fourth-order valence-corrected chi connectivity index (χ4v) is 1.61. The van der Waals surface area contributed by atoms with Gasteiger partial charge in [-0.25, -0.2) is 4.68 Å². The van der Waals surface area contributed by atoms with Crippen LogP contribution >= 0.6 is 0 Å². The van der Waals surface area contributed by atoms with Crippen LogP contribution in [0.2, 0.25) is 0 Å². The molecule has 16 heavy (non-hydrogen) atoms. The molecule has 0 radical (unpaired) electrons. The van der Waals surface area contributed by atoms with Crippen LogP contribution in [-0.2, 0) is 6.42 Å². The molecule has 0 amide bonds. The summed E-state index contributed by atoms with van der Waals surface area (Å²) in [4.78, 5) is 0. The first-order valence-corrected chi connectivity index (χ1v) is 5.72. The standard InChI is InChI=1S/C13H17N3/c1-4-12-9-16(15-14-12)13-7-5-6-11(8-13)10(2)3/h5-10H,4H2,1-3H3. The third-order valence-corrected chi connectivity index (χ3v) is 2.70. The molecular weight excluding hydrogens is 198 g/mol. The van der Waals surface area contributed by atoms with E-state index >= 15 is 0 Å². The van der Waals surface area contributed by atoms with Gasteiger partial charge in [0.1, 0.15) is 0 Å². The Kier molecular flexibility index (Phi) is 3.04. The second-order valence-corrected chi connectivity index (χ2v) is 4.26. The second-order valence-electron chi connectivity index (χ2n) is 4.26. The minimum absolute atomic E-state index is 0.536. The van der Waals surface area contributed by atoms with Gasteiger partial charge in [0.2, 0.25) is 0 Å². The predicted molar refractivity (Wildman–Crippen MR) is 64.8 cm³/mol. The van der Waals surface area contributed by atoms with Crippen molar-refractivity contribution in [1.29, 1.82) is 0 Å². The monoisotopic (exact) mass is 215 g/mol. The highest BCUT2D eigenvalue weighted by atomic mass is 15.4. The summed E-state index contributed by atoms with van der Waals surface area (Å²) in [6.07, 6.45) is 2.91. The Labute approximate surface area is 96.1 Å². The van der Waals surface area contributed by atoms with Crippen molar-refractivity contribution in [2.24, 2.45) is 0 Å². The van der Waals surface area contributed by atoms with Crippen molar-refractivity contribution in [2.75, 3.05) is 0 Å². The first-order chi connectivity index (χ1) is 7.70. The summed E-state index contributed by atoms with van der Waals surface area (Å²) in [5, 5.41) is 8.22. The summed E-state index contributed by atoms with van der Waals surface area (Å²) in [7, 11) is 0. The molecule has 0 spiro atoms. The number of rotatable bonds is 3. The zero-order valence-corrected chi connectivity index (χ0v) is 10.0. The van der Waals surface area contributed by atoms with E-state index in [0.29, 0.717) is 5.92 Å². The van der Waals surface area contributed by atoms with Gasteiger partial charge in [0.15, 0.2) is 0 Å². The Morgan fingerprint density at radius 3 is 2.75 bits per heavy atom. The predicted octanol–water partition coefficient (Wildman–Crippen LogP) is 2.95. The number of aryl methyl sites for hydroxylation is 1. The van der Waals surface area contributed by atoms with E-state index in [1.165, 1.54) is 5.56 Å². The molecule has 0 N–H and O–H groups in total. The van der Waals surface area contributed by atoms with Gasteiger partial charge in [-0.2, -0.15) is 0 Å². The molecule has 0 aliphatic heterocycles. The molecule has 1 heterocycles. The summed E-state index contributed by atoms with van der Waals surface area (Å²) in [5.74, 6) is 0.536. The molecule has 84 valence electrons. The van der Waals surface area contributed by atoms with Crippen molar-refractivity contribution >= 4 is 0 Å². The van der Waals surface area contributed by atoms with Gasteiger partial charge in [-0.15, -0.1) is 5.10 Å². The SMILES string of the molecule is CCc1cn(-c2cccc(C(C)C)c2)nn1. The van der Waals surface area contributed by atoms with Gasteiger partial charge in [-0.05, 0) is 30.0 Å². The highest BCUT2D eigenvalue weighted by Gasteiger charge is 2.04. The molecule has 3 nitrogen and oxygen atoms in total. The number of aromatic nitrogens is 3. The molecule has 0 atom stereocenters. The van der Waals surface area contributed by atoms with Crippen molar-refractivity contribution in [3.05, 3.63) is 41.7 Å².